The molecule has 1 aromatic rings. The average Bonchev–Trinajstić information content (AvgIpc) is 2.29. The Hall–Kier alpha value is -0.820. The fourth-order valence-corrected chi connectivity index (χ4v) is 1.57. The number of benzene rings is 1. The Labute approximate surface area is 100 Å². The molecule has 1 atom stereocenters. The Morgan fingerprint density at radius 1 is 1.00 bits per heavy atom. The summed E-state index contributed by atoms with van der Waals surface area (Å²) in [4.78, 5) is 0. The maximum absolute atomic E-state index is 3.52. The van der Waals surface area contributed by atoms with Crippen LogP contribution in [0, 0.1) is 11.8 Å². The molecule has 1 unspecified atom stereocenters. The molecule has 1 N–H and O–H groups in total. The van der Waals surface area contributed by atoms with Gasteiger partial charge in [0.25, 0.3) is 0 Å². The van der Waals surface area contributed by atoms with Crippen LogP contribution in [-0.4, -0.2) is 6.54 Å². The second kappa shape index (κ2) is 6.70. The van der Waals surface area contributed by atoms with Crippen LogP contribution in [0.3, 0.4) is 0 Å². The van der Waals surface area contributed by atoms with E-state index < -0.39 is 0 Å². The third-order valence-corrected chi connectivity index (χ3v) is 3.36. The Balaban J connectivity index is 2.31. The van der Waals surface area contributed by atoms with Crippen molar-refractivity contribution < 1.29 is 0 Å². The predicted molar refractivity (Wildman–Crippen MR) is 71.5 cm³/mol. The van der Waals surface area contributed by atoms with Crippen LogP contribution >= 0.6 is 0 Å². The van der Waals surface area contributed by atoms with Crippen molar-refractivity contribution in [1.29, 1.82) is 0 Å². The van der Waals surface area contributed by atoms with E-state index in [-0.39, 0.29) is 0 Å². The molecule has 1 nitrogen and oxygen atoms in total. The molecule has 0 heterocycles. The second-order valence-electron chi connectivity index (χ2n) is 5.02. The van der Waals surface area contributed by atoms with Gasteiger partial charge in [-0.15, -0.1) is 0 Å². The largest absolute Gasteiger partial charge is 0.312 e. The normalized spacial score (nSPS) is 13.1. The number of rotatable bonds is 6. The highest BCUT2D eigenvalue weighted by Crippen LogP contribution is 2.09. The quantitative estimate of drug-likeness (QED) is 0.770. The van der Waals surface area contributed by atoms with E-state index in [0.717, 1.165) is 31.3 Å². The van der Waals surface area contributed by atoms with Crippen LogP contribution in [0.4, 0.5) is 0 Å². The zero-order chi connectivity index (χ0) is 12.0. The molecule has 0 aliphatic heterocycles. The maximum Gasteiger partial charge on any atom is 0.0205 e. The van der Waals surface area contributed by atoms with E-state index in [4.69, 9.17) is 0 Å². The van der Waals surface area contributed by atoms with Gasteiger partial charge in [0.1, 0.15) is 0 Å². The van der Waals surface area contributed by atoms with Gasteiger partial charge in [-0.05, 0) is 35.9 Å². The zero-order valence-electron chi connectivity index (χ0n) is 11.1. The Morgan fingerprint density at radius 3 is 2.06 bits per heavy atom. The van der Waals surface area contributed by atoms with Gasteiger partial charge in [0, 0.05) is 6.54 Å². The van der Waals surface area contributed by atoms with Crippen LogP contribution in [0.25, 0.3) is 0 Å². The summed E-state index contributed by atoms with van der Waals surface area (Å²) in [6, 6.07) is 8.91. The van der Waals surface area contributed by atoms with Crippen molar-refractivity contribution in [3.63, 3.8) is 0 Å². The molecule has 90 valence electrons. The minimum atomic E-state index is 0.745. The molecule has 0 aromatic heterocycles. The van der Waals surface area contributed by atoms with Crippen molar-refractivity contribution >= 4 is 0 Å². The van der Waals surface area contributed by atoms with E-state index in [9.17, 15) is 0 Å². The lowest BCUT2D eigenvalue weighted by Crippen LogP contribution is -2.23. The SMILES string of the molecule is CCc1ccc(CNCC(C)C(C)C)cc1. The van der Waals surface area contributed by atoms with Crippen LogP contribution in [-0.2, 0) is 13.0 Å². The van der Waals surface area contributed by atoms with Gasteiger partial charge in [-0.3, -0.25) is 0 Å². The molecule has 1 aromatic carbocycles. The van der Waals surface area contributed by atoms with Gasteiger partial charge in [0.2, 0.25) is 0 Å². The highest BCUT2D eigenvalue weighted by molar-refractivity contribution is 5.22. The maximum atomic E-state index is 3.52. The summed E-state index contributed by atoms with van der Waals surface area (Å²) in [5.41, 5.74) is 2.80. The molecule has 1 rings (SSSR count). The van der Waals surface area contributed by atoms with Crippen molar-refractivity contribution in [1.82, 2.24) is 5.32 Å². The molecule has 0 spiro atoms. The van der Waals surface area contributed by atoms with Crippen molar-refractivity contribution in [2.24, 2.45) is 11.8 Å². The number of nitrogens with one attached hydrogen (secondary N) is 1. The zero-order valence-corrected chi connectivity index (χ0v) is 11.1. The fourth-order valence-electron chi connectivity index (χ4n) is 1.57. The summed E-state index contributed by atoms with van der Waals surface area (Å²) in [5, 5.41) is 3.52. The highest BCUT2D eigenvalue weighted by atomic mass is 14.9. The molecular formula is C15H25N. The summed E-state index contributed by atoms with van der Waals surface area (Å²) < 4.78 is 0. The standard InChI is InChI=1S/C15H25N/c1-5-14-6-8-15(9-7-14)11-16-10-13(4)12(2)3/h6-9,12-13,16H,5,10-11H2,1-4H3. The van der Waals surface area contributed by atoms with Crippen molar-refractivity contribution in [2.45, 2.75) is 40.7 Å². The molecule has 0 aliphatic rings. The third-order valence-electron chi connectivity index (χ3n) is 3.36. The van der Waals surface area contributed by atoms with Gasteiger partial charge < -0.3 is 5.32 Å². The van der Waals surface area contributed by atoms with Crippen molar-refractivity contribution in [3.05, 3.63) is 35.4 Å². The first-order chi connectivity index (χ1) is 7.63. The Morgan fingerprint density at radius 2 is 1.56 bits per heavy atom. The Kier molecular flexibility index (Phi) is 5.54. The topological polar surface area (TPSA) is 12.0 Å². The number of hydrogen-bond donors (Lipinski definition) is 1. The van der Waals surface area contributed by atoms with E-state index in [1.807, 2.05) is 0 Å². The van der Waals surface area contributed by atoms with Crippen LogP contribution < -0.4 is 5.32 Å². The molecule has 0 saturated carbocycles. The Bertz CT molecular complexity index is 287. The average molecular weight is 219 g/mol. The van der Waals surface area contributed by atoms with E-state index in [0.29, 0.717) is 0 Å². The number of aryl methyl sites for hydroxylation is 1. The third kappa shape index (κ3) is 4.36. The van der Waals surface area contributed by atoms with Gasteiger partial charge in [0.15, 0.2) is 0 Å². The summed E-state index contributed by atoms with van der Waals surface area (Å²) in [7, 11) is 0. The monoisotopic (exact) mass is 219 g/mol. The van der Waals surface area contributed by atoms with Crippen molar-refractivity contribution in [2.75, 3.05) is 6.54 Å². The van der Waals surface area contributed by atoms with Crippen LogP contribution in [0.5, 0.6) is 0 Å². The first-order valence-corrected chi connectivity index (χ1v) is 6.42. The predicted octanol–water partition coefficient (Wildman–Crippen LogP) is 3.63. The van der Waals surface area contributed by atoms with Crippen LogP contribution in [0.1, 0.15) is 38.8 Å². The second-order valence-corrected chi connectivity index (χ2v) is 5.02. The lowest BCUT2D eigenvalue weighted by atomic mass is 9.98. The molecule has 0 fully saturated rings. The summed E-state index contributed by atoms with van der Waals surface area (Å²) in [6.45, 7) is 11.1. The molecule has 1 heteroatoms. The van der Waals surface area contributed by atoms with E-state index in [1.54, 1.807) is 0 Å². The van der Waals surface area contributed by atoms with Gasteiger partial charge in [-0.1, -0.05) is 52.0 Å². The molecule has 0 radical (unpaired) electrons. The van der Waals surface area contributed by atoms with E-state index >= 15 is 0 Å². The molecule has 16 heavy (non-hydrogen) atoms. The number of hydrogen-bond acceptors (Lipinski definition) is 1. The first kappa shape index (κ1) is 13.2. The molecule has 0 bridgehead atoms. The smallest absolute Gasteiger partial charge is 0.0205 e. The molecule has 0 amide bonds. The summed E-state index contributed by atoms with van der Waals surface area (Å²) in [6.07, 6.45) is 1.12. The van der Waals surface area contributed by atoms with Crippen LogP contribution in [0.15, 0.2) is 24.3 Å². The van der Waals surface area contributed by atoms with Crippen LogP contribution in [0.2, 0.25) is 0 Å². The van der Waals surface area contributed by atoms with Gasteiger partial charge in [-0.2, -0.15) is 0 Å². The van der Waals surface area contributed by atoms with Gasteiger partial charge >= 0.3 is 0 Å². The molecular weight excluding hydrogens is 194 g/mol. The van der Waals surface area contributed by atoms with Gasteiger partial charge in [-0.25, -0.2) is 0 Å². The minimum Gasteiger partial charge on any atom is -0.312 e. The highest BCUT2D eigenvalue weighted by Gasteiger charge is 2.05. The van der Waals surface area contributed by atoms with Crippen molar-refractivity contribution in [3.8, 4) is 0 Å². The van der Waals surface area contributed by atoms with Gasteiger partial charge in [0.05, 0.1) is 0 Å². The lowest BCUT2D eigenvalue weighted by Gasteiger charge is -2.16. The first-order valence-electron chi connectivity index (χ1n) is 6.42. The van der Waals surface area contributed by atoms with E-state index in [2.05, 4.69) is 57.3 Å². The molecule has 0 saturated heterocycles. The lowest BCUT2D eigenvalue weighted by molar-refractivity contribution is 0.392. The summed E-state index contributed by atoms with van der Waals surface area (Å²) in [5.74, 6) is 1.50. The van der Waals surface area contributed by atoms with E-state index in [1.165, 1.54) is 11.1 Å². The fraction of sp³-hybridized carbons (Fsp3) is 0.600. The summed E-state index contributed by atoms with van der Waals surface area (Å²) >= 11 is 0. The molecule has 0 aliphatic carbocycles. The minimum absolute atomic E-state index is 0.745.